The zero-order chi connectivity index (χ0) is 7.56. The molecule has 0 N–H and O–H groups in total. The molecule has 10 heavy (non-hydrogen) atoms. The summed E-state index contributed by atoms with van der Waals surface area (Å²) in [5, 5.41) is 0. The number of likely N-dealkylation sites (N-methyl/N-ethyl adjacent to an activating group) is 1. The largest absolute Gasteiger partial charge is 0.299 e. The molecule has 1 aliphatic rings. The molecule has 1 aliphatic heterocycles. The summed E-state index contributed by atoms with van der Waals surface area (Å²) in [4.78, 5) is 2.42. The molecule has 1 rings (SSSR count). The molecule has 0 saturated heterocycles. The molecule has 0 amide bonds. The minimum atomic E-state index is 0.796. The van der Waals surface area contributed by atoms with Crippen molar-refractivity contribution in [2.75, 3.05) is 13.6 Å². The number of rotatable bonds is 1. The Morgan fingerprint density at radius 1 is 1.70 bits per heavy atom. The summed E-state index contributed by atoms with van der Waals surface area (Å²) >= 11 is 0. The van der Waals surface area contributed by atoms with Crippen molar-refractivity contribution in [3.8, 4) is 0 Å². The van der Waals surface area contributed by atoms with Crippen LogP contribution in [0.2, 0.25) is 0 Å². The summed E-state index contributed by atoms with van der Waals surface area (Å²) in [6.07, 6.45) is 4.88. The summed E-state index contributed by atoms with van der Waals surface area (Å²) < 4.78 is 0. The fourth-order valence-corrected chi connectivity index (χ4v) is 1.52. The van der Waals surface area contributed by atoms with Gasteiger partial charge in [-0.1, -0.05) is 18.6 Å². The molecule has 0 saturated carbocycles. The Balaban J connectivity index is 2.53. The van der Waals surface area contributed by atoms with Gasteiger partial charge in [0.2, 0.25) is 0 Å². The second-order valence-electron chi connectivity index (χ2n) is 3.26. The van der Waals surface area contributed by atoms with E-state index in [0.717, 1.165) is 12.6 Å². The van der Waals surface area contributed by atoms with Crippen LogP contribution in [-0.4, -0.2) is 24.5 Å². The molecule has 0 radical (unpaired) electrons. The Morgan fingerprint density at radius 2 is 2.40 bits per heavy atom. The van der Waals surface area contributed by atoms with Gasteiger partial charge in [-0.05, 0) is 26.8 Å². The highest BCUT2D eigenvalue weighted by Gasteiger charge is 2.15. The van der Waals surface area contributed by atoms with E-state index in [0.29, 0.717) is 0 Å². The minimum absolute atomic E-state index is 0.796. The van der Waals surface area contributed by atoms with Crippen molar-refractivity contribution in [3.63, 3.8) is 0 Å². The molecular weight excluding hydrogens is 122 g/mol. The van der Waals surface area contributed by atoms with Crippen LogP contribution >= 0.6 is 0 Å². The van der Waals surface area contributed by atoms with Crippen LogP contribution in [0.4, 0.5) is 0 Å². The molecule has 0 aromatic rings. The monoisotopic (exact) mass is 139 g/mol. The van der Waals surface area contributed by atoms with Gasteiger partial charge in [0.15, 0.2) is 0 Å². The van der Waals surface area contributed by atoms with Gasteiger partial charge >= 0.3 is 0 Å². The number of nitrogens with zero attached hydrogens (tertiary/aromatic N) is 1. The van der Waals surface area contributed by atoms with Crippen LogP contribution in [0, 0.1) is 0 Å². The molecule has 1 nitrogen and oxygen atoms in total. The van der Waals surface area contributed by atoms with Crippen LogP contribution < -0.4 is 0 Å². The van der Waals surface area contributed by atoms with Gasteiger partial charge in [-0.25, -0.2) is 0 Å². The van der Waals surface area contributed by atoms with Crippen molar-refractivity contribution in [2.45, 2.75) is 32.7 Å². The summed E-state index contributed by atoms with van der Waals surface area (Å²) in [5.41, 5.74) is 1.56. The fourth-order valence-electron chi connectivity index (χ4n) is 1.52. The van der Waals surface area contributed by atoms with Crippen molar-refractivity contribution in [1.82, 2.24) is 4.90 Å². The van der Waals surface area contributed by atoms with E-state index < -0.39 is 0 Å². The van der Waals surface area contributed by atoms with E-state index in [9.17, 15) is 0 Å². The van der Waals surface area contributed by atoms with Crippen LogP contribution in [0.1, 0.15) is 26.7 Å². The molecule has 1 heteroatoms. The number of hydrogen-bond donors (Lipinski definition) is 0. The molecule has 1 atom stereocenters. The van der Waals surface area contributed by atoms with E-state index in [1.54, 1.807) is 5.57 Å². The quantitative estimate of drug-likeness (QED) is 0.502. The van der Waals surface area contributed by atoms with Gasteiger partial charge in [0, 0.05) is 12.6 Å². The maximum absolute atomic E-state index is 2.42. The van der Waals surface area contributed by atoms with E-state index in [4.69, 9.17) is 0 Å². The van der Waals surface area contributed by atoms with E-state index in [1.807, 2.05) is 0 Å². The lowest BCUT2D eigenvalue weighted by molar-refractivity contribution is 0.244. The molecule has 1 heterocycles. The van der Waals surface area contributed by atoms with Gasteiger partial charge in [-0.3, -0.25) is 4.90 Å². The first-order chi connectivity index (χ1) is 4.74. The Kier molecular flexibility index (Phi) is 2.50. The van der Waals surface area contributed by atoms with E-state index in [-0.39, 0.29) is 0 Å². The minimum Gasteiger partial charge on any atom is -0.299 e. The second-order valence-corrected chi connectivity index (χ2v) is 3.26. The molecule has 0 unspecified atom stereocenters. The van der Waals surface area contributed by atoms with Gasteiger partial charge in [0.05, 0.1) is 0 Å². The SMILES string of the molecule is CC[C@@H]1CC(C)=CCN1C. The van der Waals surface area contributed by atoms with E-state index in [1.165, 1.54) is 12.8 Å². The van der Waals surface area contributed by atoms with Crippen LogP contribution in [0.25, 0.3) is 0 Å². The van der Waals surface area contributed by atoms with Gasteiger partial charge in [0.1, 0.15) is 0 Å². The Bertz CT molecular complexity index is 138. The van der Waals surface area contributed by atoms with Gasteiger partial charge in [0.25, 0.3) is 0 Å². The molecule has 0 spiro atoms. The third-order valence-electron chi connectivity index (χ3n) is 2.38. The van der Waals surface area contributed by atoms with Crippen LogP contribution in [0.3, 0.4) is 0 Å². The molecule has 0 aromatic heterocycles. The van der Waals surface area contributed by atoms with Crippen molar-refractivity contribution < 1.29 is 0 Å². The molecule has 0 bridgehead atoms. The van der Waals surface area contributed by atoms with Crippen molar-refractivity contribution >= 4 is 0 Å². The summed E-state index contributed by atoms with van der Waals surface area (Å²) in [6.45, 7) is 5.64. The standard InChI is InChI=1S/C9H17N/c1-4-9-7-8(2)5-6-10(9)3/h5,9H,4,6-7H2,1-3H3/t9-/m1/s1. The zero-order valence-corrected chi connectivity index (χ0v) is 7.22. The molecule has 0 aromatic carbocycles. The first kappa shape index (κ1) is 7.80. The Hall–Kier alpha value is -0.300. The lowest BCUT2D eigenvalue weighted by Crippen LogP contribution is -2.34. The second kappa shape index (κ2) is 3.20. The molecular formula is C9H17N. The third-order valence-corrected chi connectivity index (χ3v) is 2.38. The fraction of sp³-hybridized carbons (Fsp3) is 0.778. The number of hydrogen-bond acceptors (Lipinski definition) is 1. The van der Waals surface area contributed by atoms with E-state index >= 15 is 0 Å². The topological polar surface area (TPSA) is 3.24 Å². The average molecular weight is 139 g/mol. The van der Waals surface area contributed by atoms with Gasteiger partial charge < -0.3 is 0 Å². The first-order valence-corrected chi connectivity index (χ1v) is 4.10. The lowest BCUT2D eigenvalue weighted by Gasteiger charge is -2.30. The highest BCUT2D eigenvalue weighted by molar-refractivity contribution is 5.06. The summed E-state index contributed by atoms with van der Waals surface area (Å²) in [5.74, 6) is 0. The maximum Gasteiger partial charge on any atom is 0.0165 e. The summed E-state index contributed by atoms with van der Waals surface area (Å²) in [7, 11) is 2.21. The van der Waals surface area contributed by atoms with Crippen LogP contribution in [-0.2, 0) is 0 Å². The van der Waals surface area contributed by atoms with E-state index in [2.05, 4.69) is 31.9 Å². The van der Waals surface area contributed by atoms with Crippen LogP contribution in [0.5, 0.6) is 0 Å². The average Bonchev–Trinajstić information content (AvgIpc) is 1.94. The Morgan fingerprint density at radius 3 is 2.90 bits per heavy atom. The van der Waals surface area contributed by atoms with Gasteiger partial charge in [-0.2, -0.15) is 0 Å². The lowest BCUT2D eigenvalue weighted by atomic mass is 10.0. The molecule has 58 valence electrons. The summed E-state index contributed by atoms with van der Waals surface area (Å²) in [6, 6.07) is 0.796. The zero-order valence-electron chi connectivity index (χ0n) is 7.22. The Labute approximate surface area is 63.7 Å². The maximum atomic E-state index is 2.42. The van der Waals surface area contributed by atoms with Crippen molar-refractivity contribution in [1.29, 1.82) is 0 Å². The van der Waals surface area contributed by atoms with Crippen molar-refractivity contribution in [3.05, 3.63) is 11.6 Å². The first-order valence-electron chi connectivity index (χ1n) is 4.10. The van der Waals surface area contributed by atoms with Crippen molar-refractivity contribution in [2.24, 2.45) is 0 Å². The smallest absolute Gasteiger partial charge is 0.0165 e. The molecule has 0 fully saturated rings. The molecule has 0 aliphatic carbocycles. The predicted molar refractivity (Wildman–Crippen MR) is 45.1 cm³/mol. The van der Waals surface area contributed by atoms with Gasteiger partial charge in [-0.15, -0.1) is 0 Å². The van der Waals surface area contributed by atoms with Crippen LogP contribution in [0.15, 0.2) is 11.6 Å². The highest BCUT2D eigenvalue weighted by Crippen LogP contribution is 2.17. The normalized spacial score (nSPS) is 28.3. The highest BCUT2D eigenvalue weighted by atomic mass is 15.1. The predicted octanol–water partition coefficient (Wildman–Crippen LogP) is 2.05. The third kappa shape index (κ3) is 1.60.